The fraction of sp³-hybridized carbons (Fsp3) is 0.238. The van der Waals surface area contributed by atoms with E-state index in [0.29, 0.717) is 6.54 Å². The number of amides is 1. The van der Waals surface area contributed by atoms with Crippen molar-refractivity contribution in [2.45, 2.75) is 12.8 Å². The number of imidazole rings is 1. The van der Waals surface area contributed by atoms with Gasteiger partial charge in [0.05, 0.1) is 6.20 Å². The Labute approximate surface area is 153 Å². The van der Waals surface area contributed by atoms with Gasteiger partial charge < -0.3 is 9.80 Å². The fourth-order valence-electron chi connectivity index (χ4n) is 3.54. The van der Waals surface area contributed by atoms with Gasteiger partial charge in [0.25, 0.3) is 0 Å². The second-order valence-corrected chi connectivity index (χ2v) is 6.84. The van der Waals surface area contributed by atoms with E-state index in [0.717, 1.165) is 22.7 Å². The number of rotatable bonds is 3. The summed E-state index contributed by atoms with van der Waals surface area (Å²) in [6.45, 7) is 2.58. The lowest BCUT2D eigenvalue weighted by atomic mass is 9.94. The van der Waals surface area contributed by atoms with Crippen LogP contribution < -0.4 is 4.90 Å². The Morgan fingerprint density at radius 1 is 1.15 bits per heavy atom. The molecule has 2 aromatic heterocycles. The largest absolute Gasteiger partial charge is 0.341 e. The first-order chi connectivity index (χ1) is 12.5. The maximum absolute atomic E-state index is 12.0. The van der Waals surface area contributed by atoms with Crippen molar-refractivity contribution in [2.24, 2.45) is 0 Å². The average Bonchev–Trinajstić information content (AvgIpc) is 3.09. The van der Waals surface area contributed by atoms with Crippen molar-refractivity contribution < 1.29 is 4.79 Å². The Kier molecular flexibility index (Phi) is 3.99. The summed E-state index contributed by atoms with van der Waals surface area (Å²) in [6.07, 6.45) is 6.10. The minimum Gasteiger partial charge on any atom is -0.341 e. The van der Waals surface area contributed by atoms with Crippen LogP contribution in [0.4, 0.5) is 11.5 Å². The number of carbonyl (C=O) groups is 1. The van der Waals surface area contributed by atoms with Crippen LogP contribution in [-0.4, -0.2) is 40.8 Å². The number of pyridine rings is 1. The molecule has 5 heteroatoms. The Morgan fingerprint density at radius 3 is 2.65 bits per heavy atom. The molecule has 0 bridgehead atoms. The van der Waals surface area contributed by atoms with Crippen molar-refractivity contribution in [1.82, 2.24) is 14.3 Å². The highest BCUT2D eigenvalue weighted by molar-refractivity contribution is 5.93. The molecule has 0 radical (unpaired) electrons. The number of benzene rings is 1. The summed E-state index contributed by atoms with van der Waals surface area (Å²) in [6, 6.07) is 14.4. The number of fused-ring (bicyclic) bond motifs is 1. The summed E-state index contributed by atoms with van der Waals surface area (Å²) in [5.41, 5.74) is 4.00. The summed E-state index contributed by atoms with van der Waals surface area (Å²) in [5.74, 6) is 1.31. The number of hydrogen-bond donors (Lipinski definition) is 0. The Balaban J connectivity index is 1.75. The van der Waals surface area contributed by atoms with Gasteiger partial charge in [-0.2, -0.15) is 0 Å². The molecule has 1 aliphatic heterocycles. The molecule has 0 saturated carbocycles. The van der Waals surface area contributed by atoms with E-state index in [-0.39, 0.29) is 11.8 Å². The summed E-state index contributed by atoms with van der Waals surface area (Å²) >= 11 is 0. The number of likely N-dealkylation sites (N-methyl/N-ethyl adjacent to an activating group) is 1. The number of nitrogens with zero attached hydrogens (tertiary/aromatic N) is 4. The van der Waals surface area contributed by atoms with Crippen molar-refractivity contribution in [3.8, 4) is 0 Å². The van der Waals surface area contributed by atoms with Gasteiger partial charge in [0, 0.05) is 44.0 Å². The lowest BCUT2D eigenvalue weighted by Crippen LogP contribution is -2.35. The number of carbonyl (C=O) groups excluding carboxylic acids is 1. The van der Waals surface area contributed by atoms with Crippen LogP contribution in [-0.2, 0) is 4.79 Å². The number of hydrogen-bond acceptors (Lipinski definition) is 3. The molecular weight excluding hydrogens is 324 g/mol. The first kappa shape index (κ1) is 16.4. The Morgan fingerprint density at radius 2 is 1.92 bits per heavy atom. The summed E-state index contributed by atoms with van der Waals surface area (Å²) < 4.78 is 2.11. The van der Waals surface area contributed by atoms with Gasteiger partial charge in [-0.25, -0.2) is 4.98 Å². The highest BCUT2D eigenvalue weighted by Crippen LogP contribution is 2.28. The van der Waals surface area contributed by atoms with Crippen molar-refractivity contribution in [2.75, 3.05) is 25.5 Å². The molecule has 0 fully saturated rings. The van der Waals surface area contributed by atoms with Crippen LogP contribution in [0.2, 0.25) is 0 Å². The van der Waals surface area contributed by atoms with Crippen molar-refractivity contribution in [3.05, 3.63) is 72.1 Å². The molecule has 0 aliphatic carbocycles. The molecule has 3 aromatic rings. The SMILES string of the molecule is CC1=CC(c2ccc3ncc(N(C)c4ccccc4)n3c2)CN(C)C1=O. The number of anilines is 2. The van der Waals surface area contributed by atoms with Crippen LogP contribution in [0.3, 0.4) is 0 Å². The second kappa shape index (κ2) is 6.33. The molecule has 132 valence electrons. The number of aromatic nitrogens is 2. The molecule has 1 aromatic carbocycles. The zero-order chi connectivity index (χ0) is 18.3. The zero-order valence-electron chi connectivity index (χ0n) is 15.3. The van der Waals surface area contributed by atoms with Crippen LogP contribution >= 0.6 is 0 Å². The minimum absolute atomic E-state index is 0.106. The predicted molar refractivity (Wildman–Crippen MR) is 104 cm³/mol. The van der Waals surface area contributed by atoms with E-state index in [1.807, 2.05) is 51.5 Å². The van der Waals surface area contributed by atoms with Crippen LogP contribution in [0.1, 0.15) is 18.4 Å². The van der Waals surface area contributed by atoms with Gasteiger partial charge in [0.2, 0.25) is 5.91 Å². The van der Waals surface area contributed by atoms with Crippen molar-refractivity contribution in [1.29, 1.82) is 0 Å². The maximum atomic E-state index is 12.0. The summed E-state index contributed by atoms with van der Waals surface area (Å²) in [4.78, 5) is 20.5. The van der Waals surface area contributed by atoms with Crippen molar-refractivity contribution in [3.63, 3.8) is 0 Å². The highest BCUT2D eigenvalue weighted by Gasteiger charge is 2.23. The third kappa shape index (κ3) is 2.75. The highest BCUT2D eigenvalue weighted by atomic mass is 16.2. The normalized spacial score (nSPS) is 17.5. The summed E-state index contributed by atoms with van der Waals surface area (Å²) in [5, 5.41) is 0. The van der Waals surface area contributed by atoms with Crippen LogP contribution in [0.15, 0.2) is 66.5 Å². The van der Waals surface area contributed by atoms with E-state index in [1.165, 1.54) is 5.56 Å². The predicted octanol–water partition coefficient (Wildman–Crippen LogP) is 3.60. The van der Waals surface area contributed by atoms with Gasteiger partial charge in [0.15, 0.2) is 0 Å². The second-order valence-electron chi connectivity index (χ2n) is 6.84. The van der Waals surface area contributed by atoms with Gasteiger partial charge in [-0.3, -0.25) is 9.20 Å². The maximum Gasteiger partial charge on any atom is 0.248 e. The van der Waals surface area contributed by atoms with Gasteiger partial charge in [-0.05, 0) is 30.7 Å². The van der Waals surface area contributed by atoms with E-state index in [4.69, 9.17) is 0 Å². The lowest BCUT2D eigenvalue weighted by molar-refractivity contribution is -0.126. The van der Waals surface area contributed by atoms with Crippen molar-refractivity contribution >= 4 is 23.1 Å². The summed E-state index contributed by atoms with van der Waals surface area (Å²) in [7, 11) is 3.90. The Bertz CT molecular complexity index is 990. The molecule has 4 rings (SSSR count). The minimum atomic E-state index is 0.106. The monoisotopic (exact) mass is 346 g/mol. The average molecular weight is 346 g/mol. The quantitative estimate of drug-likeness (QED) is 0.727. The molecule has 1 unspecified atom stereocenters. The van der Waals surface area contributed by atoms with Crippen LogP contribution in [0.25, 0.3) is 5.65 Å². The third-order valence-electron chi connectivity index (χ3n) is 5.03. The van der Waals surface area contributed by atoms with Gasteiger partial charge in [-0.15, -0.1) is 0 Å². The molecule has 26 heavy (non-hydrogen) atoms. The molecular formula is C21H22N4O. The first-order valence-corrected chi connectivity index (χ1v) is 8.74. The smallest absolute Gasteiger partial charge is 0.248 e. The molecule has 0 saturated heterocycles. The van der Waals surface area contributed by atoms with E-state index in [2.05, 4.69) is 44.8 Å². The molecule has 1 atom stereocenters. The third-order valence-corrected chi connectivity index (χ3v) is 5.03. The van der Waals surface area contributed by atoms with E-state index in [9.17, 15) is 4.79 Å². The fourth-order valence-corrected chi connectivity index (χ4v) is 3.54. The molecule has 0 spiro atoms. The van der Waals surface area contributed by atoms with E-state index < -0.39 is 0 Å². The van der Waals surface area contributed by atoms with Crippen LogP contribution in [0, 0.1) is 0 Å². The number of para-hydroxylation sites is 1. The molecule has 0 N–H and O–H groups in total. The zero-order valence-corrected chi connectivity index (χ0v) is 15.3. The van der Waals surface area contributed by atoms with Crippen LogP contribution in [0.5, 0.6) is 0 Å². The molecule has 5 nitrogen and oxygen atoms in total. The first-order valence-electron chi connectivity index (χ1n) is 8.74. The molecule has 3 heterocycles. The molecule has 1 amide bonds. The van der Waals surface area contributed by atoms with Gasteiger partial charge in [-0.1, -0.05) is 30.3 Å². The Hall–Kier alpha value is -3.08. The molecule has 1 aliphatic rings. The van der Waals surface area contributed by atoms with E-state index >= 15 is 0 Å². The van der Waals surface area contributed by atoms with Gasteiger partial charge >= 0.3 is 0 Å². The van der Waals surface area contributed by atoms with E-state index in [1.54, 1.807) is 4.90 Å². The standard InChI is InChI=1S/C21H22N4O/c1-15-11-17(13-23(2)21(15)26)16-9-10-19-22-12-20(25(19)14-16)24(3)18-7-5-4-6-8-18/h4-12,14,17H,13H2,1-3H3. The lowest BCUT2D eigenvalue weighted by Gasteiger charge is -2.28. The topological polar surface area (TPSA) is 40.9 Å². The van der Waals surface area contributed by atoms with Gasteiger partial charge in [0.1, 0.15) is 11.5 Å².